The van der Waals surface area contributed by atoms with E-state index >= 15 is 0 Å². The summed E-state index contributed by atoms with van der Waals surface area (Å²) in [6, 6.07) is 13.3. The van der Waals surface area contributed by atoms with Crippen LogP contribution in [-0.4, -0.2) is 11.6 Å². The van der Waals surface area contributed by atoms with Crippen LogP contribution in [0.2, 0.25) is 0 Å². The maximum Gasteiger partial charge on any atom is 0.238 e. The van der Waals surface area contributed by atoms with E-state index in [1.165, 1.54) is 0 Å². The summed E-state index contributed by atoms with van der Waals surface area (Å²) < 4.78 is 13.1. The van der Waals surface area contributed by atoms with Gasteiger partial charge in [0.05, 0.1) is 11.1 Å². The molecule has 0 saturated heterocycles. The Morgan fingerprint density at radius 2 is 2.12 bits per heavy atom. The summed E-state index contributed by atoms with van der Waals surface area (Å²) in [5.74, 6) is 0.960. The van der Waals surface area contributed by atoms with E-state index in [2.05, 4.69) is 42.9 Å². The van der Waals surface area contributed by atoms with Crippen LogP contribution in [0.1, 0.15) is 18.4 Å². The highest BCUT2D eigenvalue weighted by molar-refractivity contribution is 9.11. The van der Waals surface area contributed by atoms with Crippen LogP contribution in [0.25, 0.3) is 22.7 Å². The van der Waals surface area contributed by atoms with Crippen LogP contribution in [0.4, 0.5) is 0 Å². The van der Waals surface area contributed by atoms with Gasteiger partial charge in [0.15, 0.2) is 5.58 Å². The van der Waals surface area contributed by atoms with Crippen molar-refractivity contribution in [1.29, 1.82) is 5.26 Å². The second kappa shape index (κ2) is 7.20. The first-order valence-corrected chi connectivity index (χ1v) is 8.80. The van der Waals surface area contributed by atoms with Gasteiger partial charge in [0.2, 0.25) is 5.89 Å². The van der Waals surface area contributed by atoms with Crippen LogP contribution in [0, 0.1) is 11.3 Å². The van der Waals surface area contributed by atoms with E-state index in [-0.39, 0.29) is 5.89 Å². The van der Waals surface area contributed by atoms with Gasteiger partial charge in [-0.05, 0) is 53.2 Å². The molecule has 0 aliphatic rings. The summed E-state index contributed by atoms with van der Waals surface area (Å²) in [4.78, 5) is 4.38. The molecule has 0 aliphatic carbocycles. The minimum atomic E-state index is 0.289. The number of halogens is 2. The highest BCUT2D eigenvalue weighted by Gasteiger charge is 2.14. The van der Waals surface area contributed by atoms with E-state index in [4.69, 9.17) is 9.15 Å². The summed E-state index contributed by atoms with van der Waals surface area (Å²) in [6.45, 7) is 2.43. The van der Waals surface area contributed by atoms with Gasteiger partial charge >= 0.3 is 0 Å². The molecule has 120 valence electrons. The Morgan fingerprint density at radius 3 is 2.83 bits per heavy atom. The lowest BCUT2D eigenvalue weighted by Crippen LogP contribution is -1.96. The second-order valence-corrected chi connectivity index (χ2v) is 6.67. The quantitative estimate of drug-likeness (QED) is 0.473. The largest absolute Gasteiger partial charge is 0.492 e. The Hall–Kier alpha value is -2.10. The van der Waals surface area contributed by atoms with Gasteiger partial charge in [0, 0.05) is 10.0 Å². The minimum Gasteiger partial charge on any atom is -0.492 e. The standard InChI is InChI=1S/C18H12Br2N2O2/c1-2-23-17-11(8-13(19)9-14(17)20)7-12(10-21)18-22-15-5-3-4-6-16(15)24-18/h3-9H,2H2,1H3/b12-7+. The highest BCUT2D eigenvalue weighted by atomic mass is 79.9. The molecule has 0 aliphatic heterocycles. The number of allylic oxidation sites excluding steroid dienone is 1. The third-order valence-electron chi connectivity index (χ3n) is 3.27. The Bertz CT molecular complexity index is 938. The van der Waals surface area contributed by atoms with E-state index in [1.54, 1.807) is 6.08 Å². The predicted octanol–water partition coefficient (Wildman–Crippen LogP) is 5.82. The van der Waals surface area contributed by atoms with Gasteiger partial charge in [-0.2, -0.15) is 5.26 Å². The van der Waals surface area contributed by atoms with Crippen LogP contribution >= 0.6 is 31.9 Å². The van der Waals surface area contributed by atoms with Crippen LogP contribution in [0.3, 0.4) is 0 Å². The summed E-state index contributed by atoms with van der Waals surface area (Å²) in [5, 5.41) is 9.54. The molecule has 1 aromatic heterocycles. The lowest BCUT2D eigenvalue weighted by Gasteiger charge is -2.10. The van der Waals surface area contributed by atoms with Crippen LogP contribution in [-0.2, 0) is 0 Å². The molecule has 24 heavy (non-hydrogen) atoms. The Morgan fingerprint density at radius 1 is 1.33 bits per heavy atom. The maximum absolute atomic E-state index is 9.54. The molecule has 0 atom stereocenters. The molecule has 2 aromatic carbocycles. The number of fused-ring (bicyclic) bond motifs is 1. The van der Waals surface area contributed by atoms with E-state index in [0.29, 0.717) is 29.0 Å². The molecular weight excluding hydrogens is 436 g/mol. The molecule has 0 bridgehead atoms. The van der Waals surface area contributed by atoms with Crippen molar-refractivity contribution in [2.24, 2.45) is 0 Å². The topological polar surface area (TPSA) is 59.0 Å². The zero-order valence-corrected chi connectivity index (χ0v) is 15.9. The zero-order valence-electron chi connectivity index (χ0n) is 12.7. The van der Waals surface area contributed by atoms with Gasteiger partial charge in [-0.25, -0.2) is 4.98 Å². The number of hydrogen-bond acceptors (Lipinski definition) is 4. The molecule has 1 heterocycles. The fourth-order valence-corrected chi connectivity index (χ4v) is 3.64. The lowest BCUT2D eigenvalue weighted by atomic mass is 10.1. The molecule has 4 nitrogen and oxygen atoms in total. The molecule has 0 radical (unpaired) electrons. The third kappa shape index (κ3) is 3.37. The molecule has 0 unspecified atom stereocenters. The number of aromatic nitrogens is 1. The first kappa shape index (κ1) is 16.7. The maximum atomic E-state index is 9.54. The number of oxazole rings is 1. The second-order valence-electron chi connectivity index (χ2n) is 4.90. The number of nitriles is 1. The zero-order chi connectivity index (χ0) is 17.1. The van der Waals surface area contributed by atoms with Crippen molar-refractivity contribution in [1.82, 2.24) is 4.98 Å². The molecule has 0 amide bonds. The summed E-state index contributed by atoms with van der Waals surface area (Å²) in [6.07, 6.45) is 1.71. The van der Waals surface area contributed by atoms with Crippen molar-refractivity contribution in [3.63, 3.8) is 0 Å². The van der Waals surface area contributed by atoms with Crippen molar-refractivity contribution in [2.45, 2.75) is 6.92 Å². The van der Waals surface area contributed by atoms with E-state index in [0.717, 1.165) is 14.5 Å². The van der Waals surface area contributed by atoms with Crippen molar-refractivity contribution >= 4 is 54.6 Å². The molecule has 0 spiro atoms. The van der Waals surface area contributed by atoms with Gasteiger partial charge < -0.3 is 9.15 Å². The SMILES string of the molecule is CCOc1c(Br)cc(Br)cc1/C=C(\C#N)c1nc2ccccc2o1. The number of nitrogens with zero attached hydrogens (tertiary/aromatic N) is 2. The first-order chi connectivity index (χ1) is 11.6. The molecule has 3 rings (SSSR count). The number of hydrogen-bond donors (Lipinski definition) is 0. The highest BCUT2D eigenvalue weighted by Crippen LogP contribution is 2.35. The van der Waals surface area contributed by atoms with Crippen molar-refractivity contribution in [3.05, 3.63) is 56.8 Å². The Labute approximate surface area is 156 Å². The van der Waals surface area contributed by atoms with Crippen LogP contribution in [0.15, 0.2) is 49.8 Å². The molecule has 0 saturated carbocycles. The number of rotatable bonds is 4. The Kier molecular flexibility index (Phi) is 5.03. The third-order valence-corrected chi connectivity index (χ3v) is 4.32. The number of benzene rings is 2. The normalized spacial score (nSPS) is 11.5. The fraction of sp³-hybridized carbons (Fsp3) is 0.111. The lowest BCUT2D eigenvalue weighted by molar-refractivity contribution is 0.337. The number of para-hydroxylation sites is 2. The van der Waals surface area contributed by atoms with E-state index in [9.17, 15) is 5.26 Å². The average Bonchev–Trinajstić information content (AvgIpc) is 2.99. The average molecular weight is 448 g/mol. The monoisotopic (exact) mass is 446 g/mol. The number of ether oxygens (including phenoxy) is 1. The van der Waals surface area contributed by atoms with Crippen molar-refractivity contribution in [2.75, 3.05) is 6.61 Å². The van der Waals surface area contributed by atoms with Gasteiger partial charge in [-0.3, -0.25) is 0 Å². The molecule has 0 N–H and O–H groups in total. The van der Waals surface area contributed by atoms with Gasteiger partial charge in [-0.1, -0.05) is 28.1 Å². The summed E-state index contributed by atoms with van der Waals surface area (Å²) in [7, 11) is 0. The predicted molar refractivity (Wildman–Crippen MR) is 101 cm³/mol. The van der Waals surface area contributed by atoms with Crippen molar-refractivity contribution in [3.8, 4) is 11.8 Å². The van der Waals surface area contributed by atoms with Crippen LogP contribution in [0.5, 0.6) is 5.75 Å². The summed E-state index contributed by atoms with van der Waals surface area (Å²) in [5.41, 5.74) is 2.46. The minimum absolute atomic E-state index is 0.289. The molecule has 0 fully saturated rings. The molecular formula is C18H12Br2N2O2. The van der Waals surface area contributed by atoms with Crippen LogP contribution < -0.4 is 4.74 Å². The van der Waals surface area contributed by atoms with Gasteiger partial charge in [0.1, 0.15) is 22.9 Å². The van der Waals surface area contributed by atoms with Crippen molar-refractivity contribution < 1.29 is 9.15 Å². The van der Waals surface area contributed by atoms with Gasteiger partial charge in [-0.15, -0.1) is 0 Å². The van der Waals surface area contributed by atoms with Gasteiger partial charge in [0.25, 0.3) is 0 Å². The fourth-order valence-electron chi connectivity index (χ4n) is 2.27. The first-order valence-electron chi connectivity index (χ1n) is 7.22. The Balaban J connectivity index is 2.13. The van der Waals surface area contributed by atoms with E-state index < -0.39 is 0 Å². The summed E-state index contributed by atoms with van der Waals surface area (Å²) >= 11 is 6.95. The smallest absolute Gasteiger partial charge is 0.238 e. The van der Waals surface area contributed by atoms with E-state index in [1.807, 2.05) is 43.3 Å². The molecule has 3 aromatic rings. The molecule has 6 heteroatoms.